The van der Waals surface area contributed by atoms with Crippen molar-refractivity contribution in [3.63, 3.8) is 0 Å². The molecule has 2 N–H and O–H groups in total. The van der Waals surface area contributed by atoms with Gasteiger partial charge in [0.25, 0.3) is 5.91 Å². The summed E-state index contributed by atoms with van der Waals surface area (Å²) in [6, 6.07) is 15.3. The van der Waals surface area contributed by atoms with Gasteiger partial charge in [0.05, 0.1) is 14.2 Å². The van der Waals surface area contributed by atoms with E-state index in [0.29, 0.717) is 31.7 Å². The maximum atomic E-state index is 12.9. The minimum absolute atomic E-state index is 0.000703. The lowest BCUT2D eigenvalue weighted by atomic mass is 9.93. The zero-order valence-corrected chi connectivity index (χ0v) is 18.5. The Bertz CT molecular complexity index is 1100. The largest absolute Gasteiger partial charge is 0.497 e. The number of aromatic nitrogens is 1. The van der Waals surface area contributed by atoms with E-state index in [1.165, 1.54) is 0 Å². The Labute approximate surface area is 187 Å². The van der Waals surface area contributed by atoms with Crippen LogP contribution in [-0.4, -0.2) is 49.0 Å². The van der Waals surface area contributed by atoms with Crippen molar-refractivity contribution in [2.45, 2.75) is 25.8 Å². The summed E-state index contributed by atoms with van der Waals surface area (Å²) < 4.78 is 10.6. The van der Waals surface area contributed by atoms with E-state index in [0.717, 1.165) is 40.8 Å². The third kappa shape index (κ3) is 4.88. The van der Waals surface area contributed by atoms with Gasteiger partial charge >= 0.3 is 0 Å². The highest BCUT2D eigenvalue weighted by Gasteiger charge is 2.26. The van der Waals surface area contributed by atoms with Crippen molar-refractivity contribution in [1.82, 2.24) is 15.2 Å². The van der Waals surface area contributed by atoms with Crippen LogP contribution in [0.15, 0.2) is 48.5 Å². The van der Waals surface area contributed by atoms with Gasteiger partial charge in [-0.1, -0.05) is 18.2 Å². The van der Waals surface area contributed by atoms with Crippen molar-refractivity contribution in [3.8, 4) is 11.5 Å². The number of likely N-dealkylation sites (tertiary alicyclic amines) is 1. The van der Waals surface area contributed by atoms with Gasteiger partial charge < -0.3 is 24.7 Å². The predicted octanol–water partition coefficient (Wildman–Crippen LogP) is 3.74. The van der Waals surface area contributed by atoms with E-state index in [4.69, 9.17) is 9.47 Å². The molecule has 1 saturated heterocycles. The van der Waals surface area contributed by atoms with Crippen LogP contribution in [0.3, 0.4) is 0 Å². The number of rotatable bonds is 7. The number of carbonyl (C=O) groups is 2. The first-order valence-corrected chi connectivity index (χ1v) is 10.9. The molecular formula is C25H29N3O4. The number of fused-ring (bicyclic) bond motifs is 1. The first-order valence-electron chi connectivity index (χ1n) is 10.9. The fourth-order valence-corrected chi connectivity index (χ4v) is 4.24. The normalized spacial score (nSPS) is 14.4. The maximum absolute atomic E-state index is 12.9. The standard InChI is InChI=1S/C25H29N3O4/c1-31-20-8-7-18-14-22(27-21(18)15-20)25(30)28-11-9-17(10-12-28)13-24(29)26-16-19-5-3-4-6-23(19)32-2/h3-8,14-15,17,27H,9-13,16H2,1-2H3,(H,26,29). The molecule has 32 heavy (non-hydrogen) atoms. The number of nitrogens with zero attached hydrogens (tertiary/aromatic N) is 1. The van der Waals surface area contributed by atoms with E-state index in [9.17, 15) is 9.59 Å². The highest BCUT2D eigenvalue weighted by Crippen LogP contribution is 2.25. The molecule has 168 valence electrons. The van der Waals surface area contributed by atoms with Gasteiger partial charge in [-0.25, -0.2) is 0 Å². The molecule has 0 atom stereocenters. The van der Waals surface area contributed by atoms with Crippen molar-refractivity contribution >= 4 is 22.7 Å². The summed E-state index contributed by atoms with van der Waals surface area (Å²) in [5, 5.41) is 3.97. The van der Waals surface area contributed by atoms with Gasteiger partial charge in [-0.3, -0.25) is 9.59 Å². The summed E-state index contributed by atoms with van der Waals surface area (Å²) >= 11 is 0. The monoisotopic (exact) mass is 435 g/mol. The molecule has 0 radical (unpaired) electrons. The van der Waals surface area contributed by atoms with Gasteiger partial charge in [-0.2, -0.15) is 0 Å². The van der Waals surface area contributed by atoms with Gasteiger partial charge in [0.2, 0.25) is 5.91 Å². The number of para-hydroxylation sites is 1. The van der Waals surface area contributed by atoms with Crippen LogP contribution in [0.4, 0.5) is 0 Å². The summed E-state index contributed by atoms with van der Waals surface area (Å²) in [6.45, 7) is 1.76. The number of nitrogens with one attached hydrogen (secondary N) is 2. The van der Waals surface area contributed by atoms with E-state index in [1.807, 2.05) is 53.4 Å². The number of hydrogen-bond acceptors (Lipinski definition) is 4. The topological polar surface area (TPSA) is 83.7 Å². The zero-order valence-electron chi connectivity index (χ0n) is 18.5. The highest BCUT2D eigenvalue weighted by molar-refractivity contribution is 5.98. The molecule has 1 aliphatic rings. The van der Waals surface area contributed by atoms with E-state index in [1.54, 1.807) is 14.2 Å². The quantitative estimate of drug-likeness (QED) is 0.592. The van der Waals surface area contributed by atoms with Gasteiger partial charge in [0.1, 0.15) is 17.2 Å². The number of ether oxygens (including phenoxy) is 2. The van der Waals surface area contributed by atoms with E-state index < -0.39 is 0 Å². The molecule has 2 aromatic carbocycles. The molecule has 2 amide bonds. The lowest BCUT2D eigenvalue weighted by Crippen LogP contribution is -2.39. The molecule has 1 aromatic heterocycles. The minimum atomic E-state index is -0.000703. The van der Waals surface area contributed by atoms with Crippen LogP contribution < -0.4 is 14.8 Å². The second kappa shape index (κ2) is 9.77. The first kappa shape index (κ1) is 21.7. The van der Waals surface area contributed by atoms with Crippen molar-refractivity contribution in [1.29, 1.82) is 0 Å². The van der Waals surface area contributed by atoms with Crippen LogP contribution in [0.2, 0.25) is 0 Å². The number of methoxy groups -OCH3 is 2. The highest BCUT2D eigenvalue weighted by atomic mass is 16.5. The average molecular weight is 436 g/mol. The first-order chi connectivity index (χ1) is 15.6. The van der Waals surface area contributed by atoms with E-state index >= 15 is 0 Å². The summed E-state index contributed by atoms with van der Waals surface area (Å²) in [5.41, 5.74) is 2.43. The van der Waals surface area contributed by atoms with Crippen LogP contribution in [0.5, 0.6) is 11.5 Å². The predicted molar refractivity (Wildman–Crippen MR) is 123 cm³/mol. The number of hydrogen-bond donors (Lipinski definition) is 2. The number of amides is 2. The Morgan fingerprint density at radius 3 is 2.59 bits per heavy atom. The molecule has 3 aromatic rings. The number of carbonyl (C=O) groups excluding carboxylic acids is 2. The molecule has 2 heterocycles. The number of aromatic amines is 1. The molecule has 7 heteroatoms. The molecule has 1 fully saturated rings. The van der Waals surface area contributed by atoms with Crippen molar-refractivity contribution < 1.29 is 19.1 Å². The molecule has 0 saturated carbocycles. The van der Waals surface area contributed by atoms with Gasteiger partial charge in [-0.15, -0.1) is 0 Å². The Morgan fingerprint density at radius 2 is 1.84 bits per heavy atom. The molecule has 0 unspecified atom stereocenters. The third-order valence-corrected chi connectivity index (χ3v) is 6.10. The molecule has 4 rings (SSSR count). The SMILES string of the molecule is COc1ccc2cc(C(=O)N3CCC(CC(=O)NCc4ccccc4OC)CC3)[nH]c2c1. The third-order valence-electron chi connectivity index (χ3n) is 6.10. The fourth-order valence-electron chi connectivity index (χ4n) is 4.24. The van der Waals surface area contributed by atoms with Crippen molar-refractivity contribution in [2.75, 3.05) is 27.3 Å². The molecule has 0 spiro atoms. The van der Waals surface area contributed by atoms with Crippen molar-refractivity contribution in [2.24, 2.45) is 5.92 Å². The van der Waals surface area contributed by atoms with Crippen LogP contribution >= 0.6 is 0 Å². The van der Waals surface area contributed by atoms with Gasteiger partial charge in [-0.05, 0) is 43.0 Å². The Hall–Kier alpha value is -3.48. The lowest BCUT2D eigenvalue weighted by molar-refractivity contribution is -0.122. The number of piperidine rings is 1. The minimum Gasteiger partial charge on any atom is -0.497 e. The Balaban J connectivity index is 1.27. The molecule has 1 aliphatic heterocycles. The van der Waals surface area contributed by atoms with Crippen LogP contribution in [0, 0.1) is 5.92 Å². The lowest BCUT2D eigenvalue weighted by Gasteiger charge is -2.31. The summed E-state index contributed by atoms with van der Waals surface area (Å²) in [5.74, 6) is 1.84. The average Bonchev–Trinajstić information content (AvgIpc) is 3.26. The zero-order chi connectivity index (χ0) is 22.5. The second-order valence-electron chi connectivity index (χ2n) is 8.16. The van der Waals surface area contributed by atoms with Gasteiger partial charge in [0.15, 0.2) is 0 Å². The Morgan fingerprint density at radius 1 is 1.06 bits per heavy atom. The van der Waals surface area contributed by atoms with Gasteiger partial charge in [0, 0.05) is 48.6 Å². The molecule has 7 nitrogen and oxygen atoms in total. The smallest absolute Gasteiger partial charge is 0.270 e. The molecule has 0 bridgehead atoms. The fraction of sp³-hybridized carbons (Fsp3) is 0.360. The Kier molecular flexibility index (Phi) is 6.63. The summed E-state index contributed by atoms with van der Waals surface area (Å²) in [4.78, 5) is 30.4. The van der Waals surface area contributed by atoms with Crippen LogP contribution in [0.1, 0.15) is 35.3 Å². The molecule has 0 aliphatic carbocycles. The number of benzene rings is 2. The van der Waals surface area contributed by atoms with E-state index in [-0.39, 0.29) is 17.7 Å². The van der Waals surface area contributed by atoms with E-state index in [2.05, 4.69) is 10.3 Å². The maximum Gasteiger partial charge on any atom is 0.270 e. The second-order valence-corrected chi connectivity index (χ2v) is 8.16. The summed E-state index contributed by atoms with van der Waals surface area (Å²) in [6.07, 6.45) is 2.12. The number of H-pyrrole nitrogens is 1. The van der Waals surface area contributed by atoms with Crippen LogP contribution in [-0.2, 0) is 11.3 Å². The van der Waals surface area contributed by atoms with Crippen molar-refractivity contribution in [3.05, 3.63) is 59.8 Å². The summed E-state index contributed by atoms with van der Waals surface area (Å²) in [7, 11) is 3.25. The molecular weight excluding hydrogens is 406 g/mol. The van der Waals surface area contributed by atoms with Crippen LogP contribution in [0.25, 0.3) is 10.9 Å².